The summed E-state index contributed by atoms with van der Waals surface area (Å²) in [5.74, 6) is -7.64. The molecular formula is C28H34N4O12. The zero-order valence-corrected chi connectivity index (χ0v) is 23.5. The predicted octanol–water partition coefficient (Wildman–Crippen LogP) is 0.350. The van der Waals surface area contributed by atoms with Gasteiger partial charge in [0.1, 0.15) is 0 Å². The molecule has 0 saturated heterocycles. The van der Waals surface area contributed by atoms with Gasteiger partial charge in [-0.25, -0.2) is 9.59 Å². The summed E-state index contributed by atoms with van der Waals surface area (Å²) in [6.45, 7) is -1.98. The standard InChI is InChI=1S/C28H34N4O12/c33-23(34)15-30(12-20(10-18-4-2-1-3-5-18)13-31(16-24(35)36)17-25(37)38)14-21(29-26(27(39)40)28(41)42)11-19-6-8-22(9-7-19)32(43)44/h1-9,20-21,26,29H,10-17H2,(H,33,34)(H,35,36)(H,37,38)(H,39,40)(H,41,42). The van der Waals surface area contributed by atoms with Crippen LogP contribution in [0.15, 0.2) is 54.6 Å². The van der Waals surface area contributed by atoms with Crippen molar-refractivity contribution in [1.82, 2.24) is 15.1 Å². The van der Waals surface area contributed by atoms with Crippen LogP contribution >= 0.6 is 0 Å². The molecule has 44 heavy (non-hydrogen) atoms. The fraction of sp³-hybridized carbons (Fsp3) is 0.393. The van der Waals surface area contributed by atoms with Gasteiger partial charge in [0.05, 0.1) is 24.6 Å². The molecule has 2 atom stereocenters. The molecule has 16 nitrogen and oxygen atoms in total. The minimum atomic E-state index is -2.05. The molecule has 0 amide bonds. The maximum absolute atomic E-state index is 11.9. The molecule has 0 bridgehead atoms. The SMILES string of the molecule is O=C(O)CN(CC(=O)O)CC(Cc1ccccc1)CN(CC(=O)O)CC(Cc1ccc([N+](=O)[O-])cc1)NC(C(=O)O)C(=O)O. The summed E-state index contributed by atoms with van der Waals surface area (Å²) in [6.07, 6.45) is 0.276. The molecule has 0 aliphatic heterocycles. The minimum absolute atomic E-state index is 0.0137. The Kier molecular flexibility index (Phi) is 13.8. The monoisotopic (exact) mass is 618 g/mol. The molecule has 16 heteroatoms. The number of rotatable bonds is 21. The second-order valence-corrected chi connectivity index (χ2v) is 10.2. The van der Waals surface area contributed by atoms with Crippen molar-refractivity contribution < 1.29 is 54.4 Å². The first kappa shape index (κ1) is 35.3. The van der Waals surface area contributed by atoms with Crippen molar-refractivity contribution in [2.24, 2.45) is 5.92 Å². The van der Waals surface area contributed by atoms with E-state index in [1.165, 1.54) is 34.1 Å². The lowest BCUT2D eigenvalue weighted by molar-refractivity contribution is -0.384. The molecule has 0 fully saturated rings. The summed E-state index contributed by atoms with van der Waals surface area (Å²) in [5, 5.41) is 60.8. The van der Waals surface area contributed by atoms with Crippen molar-refractivity contribution in [3.8, 4) is 0 Å². The Bertz CT molecular complexity index is 1280. The molecule has 2 unspecified atom stereocenters. The second-order valence-electron chi connectivity index (χ2n) is 10.2. The molecule has 0 aromatic heterocycles. The van der Waals surface area contributed by atoms with Crippen molar-refractivity contribution in [2.45, 2.75) is 24.9 Å². The van der Waals surface area contributed by atoms with Gasteiger partial charge in [0.2, 0.25) is 6.04 Å². The molecule has 2 aromatic carbocycles. The number of nitrogens with one attached hydrogen (secondary N) is 1. The van der Waals surface area contributed by atoms with Crippen LogP contribution in [0.4, 0.5) is 5.69 Å². The summed E-state index contributed by atoms with van der Waals surface area (Å²) < 4.78 is 0. The van der Waals surface area contributed by atoms with E-state index in [-0.39, 0.29) is 31.7 Å². The van der Waals surface area contributed by atoms with Gasteiger partial charge < -0.3 is 25.5 Å². The minimum Gasteiger partial charge on any atom is -0.480 e. The van der Waals surface area contributed by atoms with Crippen LogP contribution in [0, 0.1) is 16.0 Å². The Morgan fingerprint density at radius 2 is 1.16 bits per heavy atom. The van der Waals surface area contributed by atoms with Crippen molar-refractivity contribution in [2.75, 3.05) is 39.3 Å². The summed E-state index contributed by atoms with van der Waals surface area (Å²) in [6, 6.07) is 11.2. The first-order valence-electron chi connectivity index (χ1n) is 13.3. The Morgan fingerprint density at radius 1 is 0.682 bits per heavy atom. The number of non-ortho nitro benzene ring substituents is 1. The van der Waals surface area contributed by atoms with E-state index in [4.69, 9.17) is 0 Å². The molecule has 0 saturated carbocycles. The average Bonchev–Trinajstić information content (AvgIpc) is 2.91. The molecule has 6 N–H and O–H groups in total. The summed E-state index contributed by atoms with van der Waals surface area (Å²) in [4.78, 5) is 71.1. The van der Waals surface area contributed by atoms with Gasteiger partial charge in [0.25, 0.3) is 5.69 Å². The highest BCUT2D eigenvalue weighted by molar-refractivity contribution is 5.97. The zero-order chi connectivity index (χ0) is 32.8. The number of aliphatic carboxylic acids is 5. The number of hydrogen-bond acceptors (Lipinski definition) is 10. The van der Waals surface area contributed by atoms with Crippen LogP contribution in [0.3, 0.4) is 0 Å². The lowest BCUT2D eigenvalue weighted by Crippen LogP contribution is -2.54. The lowest BCUT2D eigenvalue weighted by atomic mass is 9.97. The Balaban J connectivity index is 2.42. The highest BCUT2D eigenvalue weighted by Crippen LogP contribution is 2.17. The van der Waals surface area contributed by atoms with E-state index in [2.05, 4.69) is 5.32 Å². The molecule has 2 aromatic rings. The largest absolute Gasteiger partial charge is 0.480 e. The average molecular weight is 619 g/mol. The summed E-state index contributed by atoms with van der Waals surface area (Å²) in [7, 11) is 0. The first-order chi connectivity index (χ1) is 20.7. The maximum atomic E-state index is 11.9. The molecule has 0 radical (unpaired) electrons. The van der Waals surface area contributed by atoms with E-state index in [9.17, 15) is 59.6 Å². The summed E-state index contributed by atoms with van der Waals surface area (Å²) >= 11 is 0. The topological polar surface area (TPSA) is 248 Å². The van der Waals surface area contributed by atoms with E-state index >= 15 is 0 Å². The Morgan fingerprint density at radius 3 is 1.64 bits per heavy atom. The molecule has 0 aliphatic carbocycles. The molecule has 0 spiro atoms. The maximum Gasteiger partial charge on any atom is 0.332 e. The van der Waals surface area contributed by atoms with Crippen LogP contribution in [-0.4, -0.2) is 121 Å². The second kappa shape index (κ2) is 17.3. The van der Waals surface area contributed by atoms with E-state index < -0.39 is 72.4 Å². The van der Waals surface area contributed by atoms with Crippen LogP contribution in [0.2, 0.25) is 0 Å². The van der Waals surface area contributed by atoms with E-state index in [1.54, 1.807) is 30.3 Å². The number of carboxylic acid groups (broad SMARTS) is 5. The number of hydrogen-bond donors (Lipinski definition) is 6. The van der Waals surface area contributed by atoms with Gasteiger partial charge in [-0.1, -0.05) is 42.5 Å². The smallest absolute Gasteiger partial charge is 0.332 e. The van der Waals surface area contributed by atoms with E-state index in [1.807, 2.05) is 0 Å². The van der Waals surface area contributed by atoms with Gasteiger partial charge in [0, 0.05) is 37.8 Å². The Labute approximate surface area is 251 Å². The highest BCUT2D eigenvalue weighted by Gasteiger charge is 2.31. The van der Waals surface area contributed by atoms with Gasteiger partial charge in [-0.05, 0) is 29.9 Å². The van der Waals surface area contributed by atoms with Gasteiger partial charge in [-0.15, -0.1) is 0 Å². The summed E-state index contributed by atoms with van der Waals surface area (Å²) in [5.41, 5.74) is 1.10. The van der Waals surface area contributed by atoms with E-state index in [0.29, 0.717) is 12.0 Å². The molecular weight excluding hydrogens is 584 g/mol. The quantitative estimate of drug-likeness (QED) is 0.0627. The number of nitrogens with zero attached hydrogens (tertiary/aromatic N) is 3. The third-order valence-electron chi connectivity index (χ3n) is 6.48. The number of carbonyl (C=O) groups is 5. The van der Waals surface area contributed by atoms with Crippen LogP contribution in [-0.2, 0) is 36.8 Å². The third kappa shape index (κ3) is 12.9. The number of nitro groups is 1. The van der Waals surface area contributed by atoms with Crippen molar-refractivity contribution in [1.29, 1.82) is 0 Å². The normalized spacial score (nSPS) is 12.6. The van der Waals surface area contributed by atoms with Gasteiger partial charge in [0.15, 0.2) is 0 Å². The lowest BCUT2D eigenvalue weighted by Gasteiger charge is -2.33. The van der Waals surface area contributed by atoms with Gasteiger partial charge >= 0.3 is 29.8 Å². The number of carboxylic acids is 5. The predicted molar refractivity (Wildman–Crippen MR) is 152 cm³/mol. The fourth-order valence-corrected chi connectivity index (χ4v) is 4.84. The zero-order valence-electron chi connectivity index (χ0n) is 23.5. The van der Waals surface area contributed by atoms with Crippen molar-refractivity contribution >= 4 is 35.5 Å². The molecule has 0 heterocycles. The van der Waals surface area contributed by atoms with Gasteiger partial charge in [-0.2, -0.15) is 0 Å². The highest BCUT2D eigenvalue weighted by atomic mass is 16.6. The Hall–Kier alpha value is -4.93. The van der Waals surface area contributed by atoms with Crippen molar-refractivity contribution in [3.05, 3.63) is 75.8 Å². The van der Waals surface area contributed by atoms with Crippen LogP contribution in [0.1, 0.15) is 11.1 Å². The van der Waals surface area contributed by atoms with E-state index in [0.717, 1.165) is 5.56 Å². The van der Waals surface area contributed by atoms with Crippen LogP contribution in [0.5, 0.6) is 0 Å². The number of nitro benzene ring substituents is 1. The van der Waals surface area contributed by atoms with Crippen LogP contribution < -0.4 is 5.32 Å². The molecule has 238 valence electrons. The molecule has 2 rings (SSSR count). The number of benzene rings is 2. The third-order valence-corrected chi connectivity index (χ3v) is 6.48. The van der Waals surface area contributed by atoms with Gasteiger partial charge in [-0.3, -0.25) is 39.6 Å². The van der Waals surface area contributed by atoms with Crippen LogP contribution in [0.25, 0.3) is 0 Å². The van der Waals surface area contributed by atoms with Crippen molar-refractivity contribution in [3.63, 3.8) is 0 Å². The molecule has 0 aliphatic rings. The fourth-order valence-electron chi connectivity index (χ4n) is 4.84. The first-order valence-corrected chi connectivity index (χ1v) is 13.3.